The monoisotopic (exact) mass is 351 g/mol. The predicted octanol–water partition coefficient (Wildman–Crippen LogP) is 4.68. The molecule has 0 radical (unpaired) electrons. The Balaban J connectivity index is 2.16. The van der Waals surface area contributed by atoms with Crippen molar-refractivity contribution in [3.8, 4) is 0 Å². The predicted molar refractivity (Wildman–Crippen MR) is 86.1 cm³/mol. The van der Waals surface area contributed by atoms with Crippen molar-refractivity contribution in [2.45, 2.75) is 13.5 Å². The summed E-state index contributed by atoms with van der Waals surface area (Å²) in [7, 11) is 1.80. The van der Waals surface area contributed by atoms with Gasteiger partial charge in [0.1, 0.15) is 0 Å². The number of aryl methyl sites for hydroxylation is 1. The van der Waals surface area contributed by atoms with Crippen molar-refractivity contribution in [1.82, 2.24) is 4.90 Å². The first-order valence-electron chi connectivity index (χ1n) is 6.23. The van der Waals surface area contributed by atoms with Gasteiger partial charge in [0.25, 0.3) is 5.91 Å². The van der Waals surface area contributed by atoms with Crippen molar-refractivity contribution in [2.24, 2.45) is 0 Å². The first-order chi connectivity index (χ1) is 9.47. The Morgan fingerprint density at radius 1 is 1.20 bits per heavy atom. The molecule has 0 aromatic heterocycles. The Morgan fingerprint density at radius 3 is 2.50 bits per heavy atom. The largest absolute Gasteiger partial charge is 0.337 e. The Morgan fingerprint density at radius 2 is 1.85 bits per heavy atom. The van der Waals surface area contributed by atoms with Crippen molar-refractivity contribution >= 4 is 33.4 Å². The van der Waals surface area contributed by atoms with E-state index in [-0.39, 0.29) is 5.91 Å². The zero-order valence-electron chi connectivity index (χ0n) is 11.4. The molecular weight excluding hydrogens is 338 g/mol. The van der Waals surface area contributed by atoms with Gasteiger partial charge in [-0.05, 0) is 42.3 Å². The van der Waals surface area contributed by atoms with E-state index >= 15 is 0 Å². The number of carbonyl (C=O) groups is 1. The van der Waals surface area contributed by atoms with Crippen LogP contribution in [-0.4, -0.2) is 17.9 Å². The zero-order valence-corrected chi connectivity index (χ0v) is 13.7. The third-order valence-corrected chi connectivity index (χ3v) is 3.85. The van der Waals surface area contributed by atoms with Gasteiger partial charge in [-0.25, -0.2) is 0 Å². The van der Waals surface area contributed by atoms with E-state index in [2.05, 4.69) is 15.9 Å². The molecular formula is C16H15BrClNO. The lowest BCUT2D eigenvalue weighted by molar-refractivity contribution is 0.0784. The summed E-state index contributed by atoms with van der Waals surface area (Å²) in [4.78, 5) is 14.2. The van der Waals surface area contributed by atoms with Gasteiger partial charge in [-0.15, -0.1) is 0 Å². The second-order valence-corrected chi connectivity index (χ2v) is 6.10. The van der Waals surface area contributed by atoms with Gasteiger partial charge in [0, 0.05) is 28.7 Å². The van der Waals surface area contributed by atoms with Crippen LogP contribution < -0.4 is 0 Å². The summed E-state index contributed by atoms with van der Waals surface area (Å²) in [6.07, 6.45) is 0. The molecule has 0 bridgehead atoms. The fraction of sp³-hybridized carbons (Fsp3) is 0.188. The van der Waals surface area contributed by atoms with Gasteiger partial charge >= 0.3 is 0 Å². The third-order valence-electron chi connectivity index (χ3n) is 3.11. The van der Waals surface area contributed by atoms with E-state index in [4.69, 9.17) is 11.6 Å². The van der Waals surface area contributed by atoms with Gasteiger partial charge in [0.2, 0.25) is 0 Å². The number of carbonyl (C=O) groups excluding carboxylic acids is 1. The number of amides is 1. The molecule has 0 aliphatic carbocycles. The SMILES string of the molecule is Cc1ccc(Br)cc1C(=O)N(C)Cc1ccc(Cl)cc1. The van der Waals surface area contributed by atoms with Gasteiger partial charge in [0.05, 0.1) is 0 Å². The van der Waals surface area contributed by atoms with Crippen molar-refractivity contribution < 1.29 is 4.79 Å². The Hall–Kier alpha value is -1.32. The van der Waals surface area contributed by atoms with Crippen LogP contribution in [0.4, 0.5) is 0 Å². The average molecular weight is 353 g/mol. The molecule has 0 saturated heterocycles. The molecule has 1 amide bonds. The maximum absolute atomic E-state index is 12.5. The first-order valence-corrected chi connectivity index (χ1v) is 7.40. The number of halogens is 2. The molecule has 0 heterocycles. The lowest BCUT2D eigenvalue weighted by Gasteiger charge is -2.18. The molecule has 0 saturated carbocycles. The molecule has 20 heavy (non-hydrogen) atoms. The Bertz CT molecular complexity index is 625. The number of hydrogen-bond acceptors (Lipinski definition) is 1. The number of rotatable bonds is 3. The topological polar surface area (TPSA) is 20.3 Å². The van der Waals surface area contributed by atoms with Crippen molar-refractivity contribution in [3.63, 3.8) is 0 Å². The molecule has 104 valence electrons. The van der Waals surface area contributed by atoms with Gasteiger partial charge in [-0.2, -0.15) is 0 Å². The molecule has 0 atom stereocenters. The van der Waals surface area contributed by atoms with E-state index in [1.807, 2.05) is 49.4 Å². The van der Waals surface area contributed by atoms with Gasteiger partial charge in [-0.3, -0.25) is 4.79 Å². The molecule has 0 unspecified atom stereocenters. The molecule has 2 nitrogen and oxygen atoms in total. The second-order valence-electron chi connectivity index (χ2n) is 4.75. The minimum Gasteiger partial charge on any atom is -0.337 e. The fourth-order valence-electron chi connectivity index (χ4n) is 1.97. The maximum Gasteiger partial charge on any atom is 0.254 e. The Kier molecular flexibility index (Phi) is 4.84. The second kappa shape index (κ2) is 6.42. The molecule has 2 aromatic carbocycles. The van der Waals surface area contributed by atoms with Gasteiger partial charge in [0.15, 0.2) is 0 Å². The highest BCUT2D eigenvalue weighted by Gasteiger charge is 2.14. The van der Waals surface area contributed by atoms with E-state index in [9.17, 15) is 4.79 Å². The first kappa shape index (κ1) is 15.1. The summed E-state index contributed by atoms with van der Waals surface area (Å²) in [5.41, 5.74) is 2.75. The highest BCUT2D eigenvalue weighted by Crippen LogP contribution is 2.18. The van der Waals surface area contributed by atoms with Crippen LogP contribution in [0, 0.1) is 6.92 Å². The van der Waals surface area contributed by atoms with Crippen LogP contribution in [0.25, 0.3) is 0 Å². The van der Waals surface area contributed by atoms with Gasteiger partial charge in [-0.1, -0.05) is 45.7 Å². The molecule has 2 aromatic rings. The van der Waals surface area contributed by atoms with Crippen LogP contribution in [0.5, 0.6) is 0 Å². The summed E-state index contributed by atoms with van der Waals surface area (Å²) in [5.74, 6) is 0.0127. The molecule has 0 fully saturated rings. The van der Waals surface area contributed by atoms with Crippen molar-refractivity contribution in [3.05, 3.63) is 68.7 Å². The molecule has 0 aliphatic heterocycles. The maximum atomic E-state index is 12.5. The van der Waals surface area contributed by atoms with Crippen LogP contribution >= 0.6 is 27.5 Å². The smallest absolute Gasteiger partial charge is 0.254 e. The van der Waals surface area contributed by atoms with Crippen LogP contribution in [-0.2, 0) is 6.54 Å². The van der Waals surface area contributed by atoms with Crippen LogP contribution in [0.3, 0.4) is 0 Å². The summed E-state index contributed by atoms with van der Waals surface area (Å²) < 4.78 is 0.909. The van der Waals surface area contributed by atoms with Crippen LogP contribution in [0.2, 0.25) is 5.02 Å². The summed E-state index contributed by atoms with van der Waals surface area (Å²) in [6.45, 7) is 2.50. The van der Waals surface area contributed by atoms with Crippen LogP contribution in [0.15, 0.2) is 46.9 Å². The molecule has 0 aliphatic rings. The highest BCUT2D eigenvalue weighted by molar-refractivity contribution is 9.10. The van der Waals surface area contributed by atoms with Crippen LogP contribution in [0.1, 0.15) is 21.5 Å². The van der Waals surface area contributed by atoms with E-state index in [1.165, 1.54) is 0 Å². The number of hydrogen-bond donors (Lipinski definition) is 0. The van der Waals surface area contributed by atoms with Crippen molar-refractivity contribution in [1.29, 1.82) is 0 Å². The fourth-order valence-corrected chi connectivity index (χ4v) is 2.45. The minimum absolute atomic E-state index is 0.0127. The number of nitrogens with zero attached hydrogens (tertiary/aromatic N) is 1. The molecule has 4 heteroatoms. The molecule has 0 N–H and O–H groups in total. The van der Waals surface area contributed by atoms with E-state index < -0.39 is 0 Å². The molecule has 2 rings (SSSR count). The van der Waals surface area contributed by atoms with E-state index in [1.54, 1.807) is 11.9 Å². The third kappa shape index (κ3) is 3.62. The lowest BCUT2D eigenvalue weighted by atomic mass is 10.1. The molecule has 0 spiro atoms. The standard InChI is InChI=1S/C16H15BrClNO/c1-11-3-6-13(17)9-15(11)16(20)19(2)10-12-4-7-14(18)8-5-12/h3-9H,10H2,1-2H3. The van der Waals surface area contributed by atoms with Gasteiger partial charge < -0.3 is 4.90 Å². The average Bonchev–Trinajstić information content (AvgIpc) is 2.43. The minimum atomic E-state index is 0.0127. The van der Waals surface area contributed by atoms with Crippen molar-refractivity contribution in [2.75, 3.05) is 7.05 Å². The normalized spacial score (nSPS) is 10.4. The quantitative estimate of drug-likeness (QED) is 0.785. The van der Waals surface area contributed by atoms with E-state index in [0.717, 1.165) is 21.2 Å². The summed E-state index contributed by atoms with van der Waals surface area (Å²) in [6, 6.07) is 13.3. The number of benzene rings is 2. The summed E-state index contributed by atoms with van der Waals surface area (Å²) >= 11 is 9.26. The lowest BCUT2D eigenvalue weighted by Crippen LogP contribution is -2.26. The van der Waals surface area contributed by atoms with E-state index in [0.29, 0.717) is 11.6 Å². The Labute approximate surface area is 132 Å². The summed E-state index contributed by atoms with van der Waals surface area (Å²) in [5, 5.41) is 0.700. The highest BCUT2D eigenvalue weighted by atomic mass is 79.9. The zero-order chi connectivity index (χ0) is 14.7.